The lowest BCUT2D eigenvalue weighted by Gasteiger charge is -2.09. The highest BCUT2D eigenvalue weighted by Gasteiger charge is 2.07. The van der Waals surface area contributed by atoms with Crippen molar-refractivity contribution in [1.29, 1.82) is 0 Å². The summed E-state index contributed by atoms with van der Waals surface area (Å²) in [6, 6.07) is 7.76. The van der Waals surface area contributed by atoms with E-state index in [0.29, 0.717) is 0 Å². The molecule has 0 spiro atoms. The van der Waals surface area contributed by atoms with Crippen molar-refractivity contribution >= 4 is 17.0 Å². The molecule has 96 valence electrons. The summed E-state index contributed by atoms with van der Waals surface area (Å²) in [5.41, 5.74) is 8.59. The SMILES string of the molecule is CC(N=c1scc(CO)n1C)c1ccccc1N. The van der Waals surface area contributed by atoms with Crippen LogP contribution < -0.4 is 10.5 Å². The van der Waals surface area contributed by atoms with Crippen LogP contribution in [0.3, 0.4) is 0 Å². The van der Waals surface area contributed by atoms with E-state index in [-0.39, 0.29) is 12.6 Å². The first-order chi connectivity index (χ1) is 8.63. The standard InChI is InChI=1S/C13H17N3OS/c1-9(11-5-3-4-6-12(11)14)15-13-16(2)10(7-17)8-18-13/h3-6,8-9,17H,7,14H2,1-2H3. The summed E-state index contributed by atoms with van der Waals surface area (Å²) in [5.74, 6) is 0. The third kappa shape index (κ3) is 2.47. The highest BCUT2D eigenvalue weighted by Crippen LogP contribution is 2.22. The van der Waals surface area contributed by atoms with Crippen molar-refractivity contribution < 1.29 is 5.11 Å². The summed E-state index contributed by atoms with van der Waals surface area (Å²) in [4.78, 5) is 5.53. The van der Waals surface area contributed by atoms with Gasteiger partial charge in [-0.3, -0.25) is 4.99 Å². The maximum atomic E-state index is 9.15. The number of hydrogen-bond acceptors (Lipinski definition) is 4. The molecule has 1 atom stereocenters. The number of benzene rings is 1. The Kier molecular flexibility index (Phi) is 3.84. The first kappa shape index (κ1) is 12.9. The van der Waals surface area contributed by atoms with Gasteiger partial charge in [-0.15, -0.1) is 11.3 Å². The third-order valence-electron chi connectivity index (χ3n) is 2.93. The topological polar surface area (TPSA) is 63.5 Å². The Balaban J connectivity index is 2.38. The van der Waals surface area contributed by atoms with Crippen LogP contribution in [0.25, 0.3) is 0 Å². The minimum absolute atomic E-state index is 0.00240. The number of aromatic nitrogens is 1. The summed E-state index contributed by atoms with van der Waals surface area (Å²) in [7, 11) is 1.90. The number of nitrogens with two attached hydrogens (primary N) is 1. The summed E-state index contributed by atoms with van der Waals surface area (Å²) >= 11 is 1.53. The van der Waals surface area contributed by atoms with Crippen LogP contribution in [0.15, 0.2) is 34.6 Å². The number of nitrogen functional groups attached to an aromatic ring is 1. The highest BCUT2D eigenvalue weighted by atomic mass is 32.1. The number of thiazole rings is 1. The zero-order chi connectivity index (χ0) is 13.1. The number of para-hydroxylation sites is 1. The smallest absolute Gasteiger partial charge is 0.185 e. The lowest BCUT2D eigenvalue weighted by Crippen LogP contribution is -2.14. The van der Waals surface area contributed by atoms with E-state index in [2.05, 4.69) is 4.99 Å². The molecule has 4 nitrogen and oxygen atoms in total. The van der Waals surface area contributed by atoms with E-state index >= 15 is 0 Å². The van der Waals surface area contributed by atoms with Gasteiger partial charge in [-0.25, -0.2) is 0 Å². The third-order valence-corrected chi connectivity index (χ3v) is 3.91. The molecule has 5 heteroatoms. The predicted molar refractivity (Wildman–Crippen MR) is 74.0 cm³/mol. The summed E-state index contributed by atoms with van der Waals surface area (Å²) in [5, 5.41) is 11.1. The fraction of sp³-hybridized carbons (Fsp3) is 0.308. The average Bonchev–Trinajstić information content (AvgIpc) is 2.71. The highest BCUT2D eigenvalue weighted by molar-refractivity contribution is 7.07. The Bertz CT molecular complexity index is 600. The first-order valence-corrected chi connectivity index (χ1v) is 6.64. The second-order valence-electron chi connectivity index (χ2n) is 4.16. The van der Waals surface area contributed by atoms with Gasteiger partial charge >= 0.3 is 0 Å². The van der Waals surface area contributed by atoms with Gasteiger partial charge < -0.3 is 15.4 Å². The quantitative estimate of drug-likeness (QED) is 0.830. The van der Waals surface area contributed by atoms with Crippen molar-refractivity contribution in [3.8, 4) is 0 Å². The molecule has 0 aliphatic heterocycles. The molecule has 0 radical (unpaired) electrons. The second kappa shape index (κ2) is 5.37. The zero-order valence-electron chi connectivity index (χ0n) is 10.5. The van der Waals surface area contributed by atoms with Crippen molar-refractivity contribution in [1.82, 2.24) is 4.57 Å². The molecule has 0 saturated carbocycles. The lowest BCUT2D eigenvalue weighted by molar-refractivity contribution is 0.272. The first-order valence-electron chi connectivity index (χ1n) is 5.76. The van der Waals surface area contributed by atoms with Crippen molar-refractivity contribution in [3.63, 3.8) is 0 Å². The molecule has 0 amide bonds. The molecule has 0 bridgehead atoms. The molecule has 1 heterocycles. The summed E-state index contributed by atoms with van der Waals surface area (Å²) in [6.45, 7) is 2.05. The van der Waals surface area contributed by atoms with Crippen molar-refractivity contribution in [2.24, 2.45) is 12.0 Å². The van der Waals surface area contributed by atoms with Crippen LogP contribution >= 0.6 is 11.3 Å². The molecule has 0 aliphatic rings. The molecule has 0 fully saturated rings. The summed E-state index contributed by atoms with van der Waals surface area (Å²) < 4.78 is 1.90. The van der Waals surface area contributed by atoms with Crippen LogP contribution in [-0.2, 0) is 13.7 Å². The van der Waals surface area contributed by atoms with Crippen LogP contribution in [0.4, 0.5) is 5.69 Å². The molecule has 1 aromatic carbocycles. The number of anilines is 1. The average molecular weight is 263 g/mol. The van der Waals surface area contributed by atoms with E-state index in [9.17, 15) is 0 Å². The molecule has 0 aliphatic carbocycles. The molecular formula is C13H17N3OS. The van der Waals surface area contributed by atoms with Crippen molar-refractivity contribution in [2.75, 3.05) is 5.73 Å². The van der Waals surface area contributed by atoms with Gasteiger partial charge in [0.2, 0.25) is 0 Å². The van der Waals surface area contributed by atoms with E-state index in [0.717, 1.165) is 21.7 Å². The van der Waals surface area contributed by atoms with E-state index in [1.54, 1.807) is 0 Å². The van der Waals surface area contributed by atoms with Crippen LogP contribution in [0.2, 0.25) is 0 Å². The van der Waals surface area contributed by atoms with Gasteiger partial charge in [0.05, 0.1) is 18.3 Å². The maximum Gasteiger partial charge on any atom is 0.185 e. The van der Waals surface area contributed by atoms with Crippen LogP contribution in [0, 0.1) is 0 Å². The summed E-state index contributed by atoms with van der Waals surface area (Å²) in [6.07, 6.45) is 0. The van der Waals surface area contributed by atoms with E-state index < -0.39 is 0 Å². The second-order valence-corrected chi connectivity index (χ2v) is 5.00. The fourth-order valence-electron chi connectivity index (χ4n) is 1.79. The molecular weight excluding hydrogens is 246 g/mol. The normalized spacial score (nSPS) is 13.8. The molecule has 18 heavy (non-hydrogen) atoms. The molecule has 0 saturated heterocycles. The Morgan fingerprint density at radius 1 is 1.44 bits per heavy atom. The Morgan fingerprint density at radius 2 is 2.17 bits per heavy atom. The van der Waals surface area contributed by atoms with Crippen LogP contribution in [0.1, 0.15) is 24.2 Å². The Morgan fingerprint density at radius 3 is 2.78 bits per heavy atom. The van der Waals surface area contributed by atoms with Crippen molar-refractivity contribution in [2.45, 2.75) is 19.6 Å². The Hall–Kier alpha value is -1.59. The number of rotatable bonds is 3. The molecule has 1 aromatic heterocycles. The number of hydrogen-bond donors (Lipinski definition) is 2. The lowest BCUT2D eigenvalue weighted by atomic mass is 10.1. The predicted octanol–water partition coefficient (Wildman–Crippen LogP) is 1.82. The number of aliphatic hydroxyl groups is 1. The molecule has 1 unspecified atom stereocenters. The van der Waals surface area contributed by atoms with E-state index in [1.165, 1.54) is 11.3 Å². The monoisotopic (exact) mass is 263 g/mol. The van der Waals surface area contributed by atoms with Gasteiger partial charge in [0.1, 0.15) is 0 Å². The van der Waals surface area contributed by atoms with Crippen molar-refractivity contribution in [3.05, 3.63) is 45.7 Å². The Labute approximate surface area is 110 Å². The maximum absolute atomic E-state index is 9.15. The largest absolute Gasteiger partial charge is 0.398 e. The van der Waals surface area contributed by atoms with Gasteiger partial charge in [-0.1, -0.05) is 18.2 Å². The van der Waals surface area contributed by atoms with Gasteiger partial charge in [0.25, 0.3) is 0 Å². The zero-order valence-corrected chi connectivity index (χ0v) is 11.3. The fourth-order valence-corrected chi connectivity index (χ4v) is 2.76. The van der Waals surface area contributed by atoms with Gasteiger partial charge in [0.15, 0.2) is 4.80 Å². The van der Waals surface area contributed by atoms with Crippen LogP contribution in [0.5, 0.6) is 0 Å². The van der Waals surface area contributed by atoms with Crippen LogP contribution in [-0.4, -0.2) is 9.67 Å². The minimum atomic E-state index is 0.00240. The van der Waals surface area contributed by atoms with Gasteiger partial charge in [-0.05, 0) is 18.6 Å². The minimum Gasteiger partial charge on any atom is -0.398 e. The molecule has 2 aromatic rings. The van der Waals surface area contributed by atoms with Gasteiger partial charge in [0, 0.05) is 18.1 Å². The molecule has 2 rings (SSSR count). The van der Waals surface area contributed by atoms with Gasteiger partial charge in [-0.2, -0.15) is 0 Å². The van der Waals surface area contributed by atoms with E-state index in [4.69, 9.17) is 10.8 Å². The molecule has 3 N–H and O–H groups in total. The number of nitrogens with zero attached hydrogens (tertiary/aromatic N) is 2. The van der Waals surface area contributed by atoms with E-state index in [1.807, 2.05) is 48.2 Å². The number of aliphatic hydroxyl groups excluding tert-OH is 1.